The van der Waals surface area contributed by atoms with Crippen molar-refractivity contribution >= 4 is 39.4 Å². The van der Waals surface area contributed by atoms with E-state index in [1.54, 1.807) is 36.0 Å². The van der Waals surface area contributed by atoms with Gasteiger partial charge in [-0.3, -0.25) is 19.5 Å². The molecule has 0 aliphatic carbocycles. The Labute approximate surface area is 223 Å². The number of aryl methyl sites for hydroxylation is 1. The average molecular weight is 537 g/mol. The van der Waals surface area contributed by atoms with Crippen LogP contribution in [0.5, 0.6) is 11.8 Å². The summed E-state index contributed by atoms with van der Waals surface area (Å²) in [5, 5.41) is 18.1. The highest BCUT2D eigenvalue weighted by Crippen LogP contribution is 2.36. The van der Waals surface area contributed by atoms with E-state index >= 15 is 0 Å². The summed E-state index contributed by atoms with van der Waals surface area (Å²) >= 11 is 1.36. The molecule has 0 spiro atoms. The number of carbonyl (C=O) groups excluding carboxylic acids is 2. The van der Waals surface area contributed by atoms with Crippen LogP contribution < -0.4 is 20.1 Å². The molecular weight excluding hydrogens is 508 g/mol. The average Bonchev–Trinajstić information content (AvgIpc) is 3.45. The zero-order valence-corrected chi connectivity index (χ0v) is 22.5. The first-order valence-corrected chi connectivity index (χ1v) is 12.7. The van der Waals surface area contributed by atoms with Crippen molar-refractivity contribution in [3.63, 3.8) is 0 Å². The van der Waals surface area contributed by atoms with Crippen molar-refractivity contribution in [2.75, 3.05) is 44.5 Å². The molecule has 5 rings (SSSR count). The predicted octanol–water partition coefficient (Wildman–Crippen LogP) is 3.11. The van der Waals surface area contributed by atoms with Gasteiger partial charge in [0, 0.05) is 25.4 Å². The second-order valence-corrected chi connectivity index (χ2v) is 10.9. The molecule has 2 amide bonds. The molecule has 4 aromatic rings. The quantitative estimate of drug-likeness (QED) is 0.348. The fourth-order valence-electron chi connectivity index (χ4n) is 4.45. The lowest BCUT2D eigenvalue weighted by Gasteiger charge is -2.45. The largest absolute Gasteiger partial charge is 0.480 e. The van der Waals surface area contributed by atoms with Crippen molar-refractivity contribution in [3.8, 4) is 22.2 Å². The SMILES string of the molecule is COc1cc(-c2cn3ncc(C(=O)Nc4cc(NC(=O)CN5CC(C)(C)C5)cnc4C)c3s2)c(OC)nn1. The van der Waals surface area contributed by atoms with Crippen LogP contribution in [0.25, 0.3) is 15.3 Å². The molecule has 38 heavy (non-hydrogen) atoms. The van der Waals surface area contributed by atoms with E-state index in [2.05, 4.69) is 49.7 Å². The second-order valence-electron chi connectivity index (χ2n) is 9.88. The van der Waals surface area contributed by atoms with Gasteiger partial charge in [0.05, 0.1) is 66.2 Å². The Hall–Kier alpha value is -4.10. The van der Waals surface area contributed by atoms with Crippen molar-refractivity contribution < 1.29 is 19.1 Å². The Balaban J connectivity index is 1.33. The van der Waals surface area contributed by atoms with Crippen LogP contribution in [0.15, 0.2) is 30.7 Å². The zero-order valence-electron chi connectivity index (χ0n) is 21.7. The zero-order chi connectivity index (χ0) is 27.0. The van der Waals surface area contributed by atoms with E-state index in [4.69, 9.17) is 9.47 Å². The molecule has 0 aromatic carbocycles. The molecule has 0 bridgehead atoms. The number of nitrogens with one attached hydrogen (secondary N) is 2. The number of aromatic nitrogens is 5. The van der Waals surface area contributed by atoms with Crippen molar-refractivity contribution in [1.29, 1.82) is 0 Å². The molecule has 0 radical (unpaired) electrons. The third-order valence-electron chi connectivity index (χ3n) is 6.14. The molecule has 5 heterocycles. The van der Waals surface area contributed by atoms with E-state index in [1.165, 1.54) is 31.8 Å². The third kappa shape index (κ3) is 5.15. The van der Waals surface area contributed by atoms with Gasteiger partial charge < -0.3 is 20.1 Å². The molecule has 4 aromatic heterocycles. The van der Waals surface area contributed by atoms with Crippen LogP contribution in [-0.2, 0) is 4.79 Å². The minimum Gasteiger partial charge on any atom is -0.480 e. The van der Waals surface area contributed by atoms with Gasteiger partial charge in [-0.25, -0.2) is 4.52 Å². The van der Waals surface area contributed by atoms with Gasteiger partial charge in [-0.2, -0.15) is 5.10 Å². The Morgan fingerprint density at radius 2 is 1.89 bits per heavy atom. The van der Waals surface area contributed by atoms with Crippen LogP contribution in [-0.4, -0.2) is 75.4 Å². The molecule has 1 fully saturated rings. The Kier molecular flexibility index (Phi) is 6.71. The minimum atomic E-state index is -0.345. The number of hydrogen-bond donors (Lipinski definition) is 2. The van der Waals surface area contributed by atoms with Crippen LogP contribution in [0, 0.1) is 12.3 Å². The topological polar surface area (TPSA) is 136 Å². The van der Waals surface area contributed by atoms with Crippen molar-refractivity contribution in [3.05, 3.63) is 42.0 Å². The molecule has 0 saturated carbocycles. The smallest absolute Gasteiger partial charge is 0.260 e. The van der Waals surface area contributed by atoms with Crippen LogP contribution in [0.2, 0.25) is 0 Å². The molecule has 198 valence electrons. The summed E-state index contributed by atoms with van der Waals surface area (Å²) in [5.74, 6) is 0.209. The molecule has 1 aliphatic heterocycles. The van der Waals surface area contributed by atoms with Gasteiger partial charge in [-0.05, 0) is 18.4 Å². The van der Waals surface area contributed by atoms with E-state index in [0.717, 1.165) is 18.0 Å². The van der Waals surface area contributed by atoms with Crippen molar-refractivity contribution in [1.82, 2.24) is 29.7 Å². The van der Waals surface area contributed by atoms with E-state index in [-0.39, 0.29) is 17.2 Å². The number of thiazole rings is 1. The van der Waals surface area contributed by atoms with E-state index in [0.29, 0.717) is 51.3 Å². The maximum Gasteiger partial charge on any atom is 0.260 e. The summed E-state index contributed by atoms with van der Waals surface area (Å²) in [7, 11) is 3.02. The van der Waals surface area contributed by atoms with E-state index in [1.807, 2.05) is 0 Å². The van der Waals surface area contributed by atoms with Crippen molar-refractivity contribution in [2.45, 2.75) is 20.8 Å². The lowest BCUT2D eigenvalue weighted by molar-refractivity contribution is -0.120. The standard InChI is InChI=1S/C25H28N8O4S/c1-14-18(6-15(8-26-14)28-20(34)11-32-12-25(2,3)13-32)29-22(35)17-9-27-33-10-19(38-24(17)33)16-7-21(36-4)30-31-23(16)37-5/h6-10H,11-13H2,1-5H3,(H,28,34)(H,29,35). The maximum atomic E-state index is 13.3. The summed E-state index contributed by atoms with van der Waals surface area (Å²) in [4.78, 5) is 33.6. The lowest BCUT2D eigenvalue weighted by Crippen LogP contribution is -2.54. The number of ether oxygens (including phenoxy) is 2. The van der Waals surface area contributed by atoms with Crippen LogP contribution >= 0.6 is 11.3 Å². The summed E-state index contributed by atoms with van der Waals surface area (Å²) in [6.45, 7) is 8.23. The summed E-state index contributed by atoms with van der Waals surface area (Å²) in [6.07, 6.45) is 4.88. The Bertz CT molecular complexity index is 1520. The van der Waals surface area contributed by atoms with E-state index in [9.17, 15) is 9.59 Å². The van der Waals surface area contributed by atoms with E-state index < -0.39 is 0 Å². The number of methoxy groups -OCH3 is 2. The molecule has 13 heteroatoms. The summed E-state index contributed by atoms with van der Waals surface area (Å²) < 4.78 is 12.2. The number of nitrogens with zero attached hydrogens (tertiary/aromatic N) is 6. The fraction of sp³-hybridized carbons (Fsp3) is 0.360. The van der Waals surface area contributed by atoms with Gasteiger partial charge in [-0.1, -0.05) is 13.8 Å². The highest BCUT2D eigenvalue weighted by molar-refractivity contribution is 7.21. The first-order valence-electron chi connectivity index (χ1n) is 11.9. The second kappa shape index (κ2) is 9.99. The Morgan fingerprint density at radius 3 is 2.61 bits per heavy atom. The number of amides is 2. The van der Waals surface area contributed by atoms with Crippen LogP contribution in [0.1, 0.15) is 29.9 Å². The van der Waals surface area contributed by atoms with Gasteiger partial charge in [0.15, 0.2) is 0 Å². The summed E-state index contributed by atoms with van der Waals surface area (Å²) in [6, 6.07) is 3.42. The number of hydrogen-bond acceptors (Lipinski definition) is 10. The molecule has 0 atom stereocenters. The van der Waals surface area contributed by atoms with Crippen molar-refractivity contribution in [2.24, 2.45) is 5.41 Å². The summed E-state index contributed by atoms with van der Waals surface area (Å²) in [5.41, 5.74) is 2.95. The number of fused-ring (bicyclic) bond motifs is 1. The third-order valence-corrected chi connectivity index (χ3v) is 7.28. The van der Waals surface area contributed by atoms with Gasteiger partial charge in [-0.15, -0.1) is 21.5 Å². The van der Waals surface area contributed by atoms with Gasteiger partial charge in [0.1, 0.15) is 4.83 Å². The number of rotatable bonds is 8. The maximum absolute atomic E-state index is 13.3. The van der Waals surface area contributed by atoms with Gasteiger partial charge >= 0.3 is 0 Å². The minimum absolute atomic E-state index is 0.120. The number of likely N-dealkylation sites (tertiary alicyclic amines) is 1. The first kappa shape index (κ1) is 25.5. The molecule has 1 aliphatic rings. The number of pyridine rings is 1. The molecule has 1 saturated heterocycles. The predicted molar refractivity (Wildman–Crippen MR) is 143 cm³/mol. The number of anilines is 2. The highest BCUT2D eigenvalue weighted by Gasteiger charge is 2.34. The monoisotopic (exact) mass is 536 g/mol. The Morgan fingerprint density at radius 1 is 1.11 bits per heavy atom. The van der Waals surface area contributed by atoms with Crippen LogP contribution in [0.4, 0.5) is 11.4 Å². The molecular formula is C25H28N8O4S. The highest BCUT2D eigenvalue weighted by atomic mass is 32.1. The normalized spacial score (nSPS) is 14.7. The lowest BCUT2D eigenvalue weighted by atomic mass is 9.84. The molecule has 2 N–H and O–H groups in total. The van der Waals surface area contributed by atoms with Gasteiger partial charge in [0.25, 0.3) is 5.91 Å². The first-order chi connectivity index (χ1) is 18.2. The molecule has 0 unspecified atom stereocenters. The number of carbonyl (C=O) groups is 2. The molecule has 12 nitrogen and oxygen atoms in total. The van der Waals surface area contributed by atoms with Gasteiger partial charge in [0.2, 0.25) is 17.7 Å². The fourth-order valence-corrected chi connectivity index (χ4v) is 5.52. The van der Waals surface area contributed by atoms with Crippen LogP contribution in [0.3, 0.4) is 0 Å².